The van der Waals surface area contributed by atoms with Crippen molar-refractivity contribution in [2.24, 2.45) is 11.7 Å². The second-order valence-corrected chi connectivity index (χ2v) is 5.91. The van der Waals surface area contributed by atoms with Gasteiger partial charge in [0.05, 0.1) is 7.11 Å². The predicted octanol–water partition coefficient (Wildman–Crippen LogP) is 2.24. The first-order chi connectivity index (χ1) is 8.29. The lowest BCUT2D eigenvalue weighted by molar-refractivity contribution is 0.379. The minimum atomic E-state index is 0.162. The molecule has 0 aliphatic carbocycles. The molecular weight excluding hydrogens is 232 g/mol. The number of hydrogen-bond acceptors (Lipinski definition) is 4. The lowest BCUT2D eigenvalue weighted by atomic mass is 9.83. The Bertz CT molecular complexity index is 424. The van der Waals surface area contributed by atoms with E-state index in [1.807, 2.05) is 17.8 Å². The van der Waals surface area contributed by atoms with Crippen molar-refractivity contribution in [2.45, 2.75) is 18.5 Å². The van der Waals surface area contributed by atoms with Crippen LogP contribution in [0, 0.1) is 5.92 Å². The number of rotatable bonds is 1. The number of nitrogens with two attached hydrogens (primary N) is 1. The van der Waals surface area contributed by atoms with Gasteiger partial charge >= 0.3 is 0 Å². The molecule has 3 rings (SSSR count). The Kier molecular flexibility index (Phi) is 2.92. The molecule has 92 valence electrons. The standard InChI is InChI=1S/C13H18N2OS/c1-16-8-2-3-9-12(6-8)15-11-4-5-17-7-10(11)13(9)14/h2-3,6,10-11,13,15H,4-5,7,14H2,1H3. The molecular formula is C13H18N2OS. The van der Waals surface area contributed by atoms with Crippen LogP contribution in [0.1, 0.15) is 18.0 Å². The normalized spacial score (nSPS) is 31.1. The number of anilines is 1. The van der Waals surface area contributed by atoms with Gasteiger partial charge in [0.1, 0.15) is 5.75 Å². The van der Waals surface area contributed by atoms with Crippen LogP contribution in [0.4, 0.5) is 5.69 Å². The fourth-order valence-electron chi connectivity index (χ4n) is 2.80. The third-order valence-electron chi connectivity index (χ3n) is 3.82. The summed E-state index contributed by atoms with van der Waals surface area (Å²) in [6.45, 7) is 0. The van der Waals surface area contributed by atoms with Gasteiger partial charge in [-0.3, -0.25) is 0 Å². The molecule has 1 aromatic carbocycles. The third-order valence-corrected chi connectivity index (χ3v) is 4.97. The zero-order chi connectivity index (χ0) is 11.8. The third kappa shape index (κ3) is 1.89. The minimum absolute atomic E-state index is 0.162. The maximum atomic E-state index is 6.40. The number of thioether (sulfide) groups is 1. The van der Waals surface area contributed by atoms with Crippen LogP contribution in [0.3, 0.4) is 0 Å². The highest BCUT2D eigenvalue weighted by Crippen LogP contribution is 2.41. The molecule has 3 unspecified atom stereocenters. The minimum Gasteiger partial charge on any atom is -0.497 e. The van der Waals surface area contributed by atoms with Gasteiger partial charge in [-0.05, 0) is 29.6 Å². The van der Waals surface area contributed by atoms with Crippen molar-refractivity contribution in [3.8, 4) is 5.75 Å². The zero-order valence-electron chi connectivity index (χ0n) is 9.98. The molecule has 2 aliphatic rings. The number of fused-ring (bicyclic) bond motifs is 2. The molecule has 3 atom stereocenters. The highest BCUT2D eigenvalue weighted by atomic mass is 32.2. The molecule has 0 radical (unpaired) electrons. The summed E-state index contributed by atoms with van der Waals surface area (Å²) < 4.78 is 5.27. The molecule has 0 bridgehead atoms. The fourth-order valence-corrected chi connectivity index (χ4v) is 4.10. The Morgan fingerprint density at radius 1 is 1.47 bits per heavy atom. The average molecular weight is 250 g/mol. The van der Waals surface area contributed by atoms with Crippen molar-refractivity contribution >= 4 is 17.4 Å². The molecule has 0 amide bonds. The topological polar surface area (TPSA) is 47.3 Å². The molecule has 0 spiro atoms. The lowest BCUT2D eigenvalue weighted by Crippen LogP contribution is -2.44. The van der Waals surface area contributed by atoms with Gasteiger partial charge in [-0.15, -0.1) is 0 Å². The van der Waals surface area contributed by atoms with Gasteiger partial charge in [0.15, 0.2) is 0 Å². The van der Waals surface area contributed by atoms with E-state index in [4.69, 9.17) is 10.5 Å². The van der Waals surface area contributed by atoms with Gasteiger partial charge < -0.3 is 15.8 Å². The molecule has 0 aromatic heterocycles. The molecule has 1 aromatic rings. The first-order valence-corrected chi connectivity index (χ1v) is 7.23. The Hall–Kier alpha value is -0.870. The molecule has 3 nitrogen and oxygen atoms in total. The maximum absolute atomic E-state index is 6.40. The maximum Gasteiger partial charge on any atom is 0.120 e. The predicted molar refractivity (Wildman–Crippen MR) is 72.8 cm³/mol. The molecule has 1 saturated heterocycles. The summed E-state index contributed by atoms with van der Waals surface area (Å²) >= 11 is 2.02. The molecule has 2 heterocycles. The van der Waals surface area contributed by atoms with Gasteiger partial charge in [0, 0.05) is 29.8 Å². The van der Waals surface area contributed by atoms with Crippen molar-refractivity contribution < 1.29 is 4.74 Å². The van der Waals surface area contributed by atoms with Crippen molar-refractivity contribution in [1.82, 2.24) is 0 Å². The van der Waals surface area contributed by atoms with Crippen LogP contribution in [0.2, 0.25) is 0 Å². The Balaban J connectivity index is 1.96. The molecule has 0 saturated carbocycles. The van der Waals surface area contributed by atoms with Gasteiger partial charge in [0.25, 0.3) is 0 Å². The van der Waals surface area contributed by atoms with E-state index in [0.717, 1.165) is 11.4 Å². The van der Waals surface area contributed by atoms with E-state index in [1.165, 1.54) is 23.5 Å². The average Bonchev–Trinajstić information content (AvgIpc) is 2.38. The van der Waals surface area contributed by atoms with Crippen molar-refractivity contribution in [3.63, 3.8) is 0 Å². The second-order valence-electron chi connectivity index (χ2n) is 4.76. The van der Waals surface area contributed by atoms with E-state index in [1.54, 1.807) is 7.11 Å². The molecule has 17 heavy (non-hydrogen) atoms. The number of hydrogen-bond donors (Lipinski definition) is 2. The lowest BCUT2D eigenvalue weighted by Gasteiger charge is -2.41. The van der Waals surface area contributed by atoms with Gasteiger partial charge in [0.2, 0.25) is 0 Å². The van der Waals surface area contributed by atoms with Crippen molar-refractivity contribution in [1.29, 1.82) is 0 Å². The van der Waals surface area contributed by atoms with Crippen LogP contribution in [-0.2, 0) is 0 Å². The van der Waals surface area contributed by atoms with E-state index in [9.17, 15) is 0 Å². The summed E-state index contributed by atoms with van der Waals surface area (Å²) in [5.74, 6) is 3.87. The van der Waals surface area contributed by atoms with E-state index in [2.05, 4.69) is 17.4 Å². The SMILES string of the molecule is COc1ccc2c(c1)NC1CCSCC1C2N. The molecule has 1 fully saturated rings. The van der Waals surface area contributed by atoms with Crippen LogP contribution in [0.5, 0.6) is 5.75 Å². The number of methoxy groups -OCH3 is 1. The van der Waals surface area contributed by atoms with Gasteiger partial charge in [-0.1, -0.05) is 6.07 Å². The van der Waals surface area contributed by atoms with E-state index in [-0.39, 0.29) is 6.04 Å². The van der Waals surface area contributed by atoms with E-state index < -0.39 is 0 Å². The zero-order valence-corrected chi connectivity index (χ0v) is 10.8. The van der Waals surface area contributed by atoms with Crippen molar-refractivity contribution in [2.75, 3.05) is 23.9 Å². The second kappa shape index (κ2) is 4.42. The van der Waals surface area contributed by atoms with E-state index >= 15 is 0 Å². The largest absolute Gasteiger partial charge is 0.497 e. The highest BCUT2D eigenvalue weighted by molar-refractivity contribution is 7.99. The van der Waals surface area contributed by atoms with E-state index in [0.29, 0.717) is 12.0 Å². The van der Waals surface area contributed by atoms with Crippen LogP contribution in [-0.4, -0.2) is 24.7 Å². The number of nitrogens with one attached hydrogen (secondary N) is 1. The Morgan fingerprint density at radius 3 is 3.18 bits per heavy atom. The monoisotopic (exact) mass is 250 g/mol. The smallest absolute Gasteiger partial charge is 0.120 e. The molecule has 4 heteroatoms. The number of benzene rings is 1. The van der Waals surface area contributed by atoms with Crippen LogP contribution >= 0.6 is 11.8 Å². The highest BCUT2D eigenvalue weighted by Gasteiger charge is 2.36. The summed E-state index contributed by atoms with van der Waals surface area (Å²) in [6.07, 6.45) is 1.21. The van der Waals surface area contributed by atoms with Gasteiger partial charge in [-0.2, -0.15) is 11.8 Å². The van der Waals surface area contributed by atoms with Crippen LogP contribution in [0.25, 0.3) is 0 Å². The first-order valence-electron chi connectivity index (χ1n) is 6.07. The summed E-state index contributed by atoms with van der Waals surface area (Å²) in [6, 6.07) is 6.85. The summed E-state index contributed by atoms with van der Waals surface area (Å²) in [4.78, 5) is 0. The molecule has 2 aliphatic heterocycles. The summed E-state index contributed by atoms with van der Waals surface area (Å²) in [5, 5.41) is 3.63. The molecule has 3 N–H and O–H groups in total. The van der Waals surface area contributed by atoms with Crippen molar-refractivity contribution in [3.05, 3.63) is 23.8 Å². The Labute approximate surface area is 106 Å². The number of ether oxygens (including phenoxy) is 1. The van der Waals surface area contributed by atoms with Crippen LogP contribution in [0.15, 0.2) is 18.2 Å². The first kappa shape index (κ1) is 11.2. The van der Waals surface area contributed by atoms with Gasteiger partial charge in [-0.25, -0.2) is 0 Å². The Morgan fingerprint density at radius 2 is 2.35 bits per heavy atom. The summed E-state index contributed by atoms with van der Waals surface area (Å²) in [5.41, 5.74) is 8.79. The fraction of sp³-hybridized carbons (Fsp3) is 0.538. The quantitative estimate of drug-likeness (QED) is 0.802. The summed E-state index contributed by atoms with van der Waals surface area (Å²) in [7, 11) is 1.70. The van der Waals surface area contributed by atoms with Crippen LogP contribution < -0.4 is 15.8 Å².